The molecule has 2 aromatic rings. The van der Waals surface area contributed by atoms with Gasteiger partial charge in [0.1, 0.15) is 0 Å². The number of carboxylic acids is 1. The quantitative estimate of drug-likeness (QED) is 0.948. The van der Waals surface area contributed by atoms with E-state index < -0.39 is 11.9 Å². The summed E-state index contributed by atoms with van der Waals surface area (Å²) in [6.45, 7) is 2.56. The average molecular weight is 309 g/mol. The molecule has 0 saturated carbocycles. The number of hydrogen-bond donors (Lipinski definition) is 1. The third kappa shape index (κ3) is 2.97. The molecule has 1 heterocycles. The van der Waals surface area contributed by atoms with Crippen LogP contribution in [0.25, 0.3) is 0 Å². The molecule has 3 rings (SSSR count). The Bertz CT molecular complexity index is 726. The summed E-state index contributed by atoms with van der Waals surface area (Å²) in [7, 11) is 0. The summed E-state index contributed by atoms with van der Waals surface area (Å²) < 4.78 is 0. The van der Waals surface area contributed by atoms with Gasteiger partial charge in [0.25, 0.3) is 0 Å². The maximum absolute atomic E-state index is 12.8. The van der Waals surface area contributed by atoms with Crippen LogP contribution >= 0.6 is 0 Å². The van der Waals surface area contributed by atoms with E-state index in [0.29, 0.717) is 6.54 Å². The predicted molar refractivity (Wildman–Crippen MR) is 87.1 cm³/mol. The van der Waals surface area contributed by atoms with E-state index in [1.165, 1.54) is 0 Å². The lowest BCUT2D eigenvalue weighted by Crippen LogP contribution is -2.42. The van der Waals surface area contributed by atoms with Gasteiger partial charge < -0.3 is 10.0 Å². The van der Waals surface area contributed by atoms with Crippen molar-refractivity contribution in [3.63, 3.8) is 0 Å². The minimum atomic E-state index is -0.887. The van der Waals surface area contributed by atoms with Crippen LogP contribution in [0.2, 0.25) is 0 Å². The molecule has 0 aliphatic carbocycles. The predicted octanol–water partition coefficient (Wildman–Crippen LogP) is 3.00. The fraction of sp³-hybridized carbons (Fsp3) is 0.263. The Morgan fingerprint density at radius 1 is 1.09 bits per heavy atom. The Balaban J connectivity index is 1.87. The van der Waals surface area contributed by atoms with E-state index >= 15 is 0 Å². The van der Waals surface area contributed by atoms with Crippen LogP contribution in [0.5, 0.6) is 0 Å². The van der Waals surface area contributed by atoms with Crippen molar-refractivity contribution < 1.29 is 14.7 Å². The molecule has 2 unspecified atom stereocenters. The van der Waals surface area contributed by atoms with Gasteiger partial charge in [-0.2, -0.15) is 0 Å². The van der Waals surface area contributed by atoms with E-state index in [0.717, 1.165) is 16.7 Å². The molecule has 1 N–H and O–H groups in total. The highest BCUT2D eigenvalue weighted by Crippen LogP contribution is 2.30. The molecule has 0 saturated heterocycles. The van der Waals surface area contributed by atoms with Crippen molar-refractivity contribution in [2.24, 2.45) is 0 Å². The summed E-state index contributed by atoms with van der Waals surface area (Å²) in [6, 6.07) is 17.1. The first-order chi connectivity index (χ1) is 11.1. The number of amides is 1. The van der Waals surface area contributed by atoms with Crippen LogP contribution in [0.3, 0.4) is 0 Å². The standard InChI is InChI=1S/C19H19NO3/c1-13(14-7-3-2-4-8-14)18(21)20-11-15-9-5-6-10-16(15)17(12-20)19(22)23/h2-10,13,17H,11-12H2,1H3,(H,22,23). The zero-order valence-corrected chi connectivity index (χ0v) is 13.0. The third-order valence-corrected chi connectivity index (χ3v) is 4.47. The van der Waals surface area contributed by atoms with Gasteiger partial charge in [0.05, 0.1) is 11.8 Å². The van der Waals surface area contributed by atoms with Gasteiger partial charge in [-0.15, -0.1) is 0 Å². The minimum Gasteiger partial charge on any atom is -0.481 e. The van der Waals surface area contributed by atoms with Gasteiger partial charge in [-0.25, -0.2) is 0 Å². The SMILES string of the molecule is CC(C(=O)N1Cc2ccccc2C(C(=O)O)C1)c1ccccc1. The van der Waals surface area contributed by atoms with Crippen LogP contribution in [0.1, 0.15) is 35.4 Å². The Labute approximate surface area is 135 Å². The topological polar surface area (TPSA) is 57.6 Å². The third-order valence-electron chi connectivity index (χ3n) is 4.47. The van der Waals surface area contributed by atoms with Gasteiger partial charge in [-0.05, 0) is 23.6 Å². The molecule has 0 spiro atoms. The summed E-state index contributed by atoms with van der Waals surface area (Å²) >= 11 is 0. The summed E-state index contributed by atoms with van der Waals surface area (Å²) in [5, 5.41) is 9.50. The van der Waals surface area contributed by atoms with Crippen molar-refractivity contribution in [3.05, 3.63) is 71.3 Å². The van der Waals surface area contributed by atoms with E-state index in [9.17, 15) is 14.7 Å². The Kier molecular flexibility index (Phi) is 4.15. The van der Waals surface area contributed by atoms with Crippen LogP contribution in [0.4, 0.5) is 0 Å². The molecule has 4 nitrogen and oxygen atoms in total. The number of benzene rings is 2. The molecule has 2 aromatic carbocycles. The van der Waals surface area contributed by atoms with Gasteiger partial charge in [-0.1, -0.05) is 54.6 Å². The molecular weight excluding hydrogens is 290 g/mol. The second-order valence-electron chi connectivity index (χ2n) is 5.94. The molecule has 1 aliphatic rings. The molecule has 23 heavy (non-hydrogen) atoms. The highest BCUT2D eigenvalue weighted by Gasteiger charge is 2.34. The lowest BCUT2D eigenvalue weighted by atomic mass is 9.88. The number of hydrogen-bond acceptors (Lipinski definition) is 2. The van der Waals surface area contributed by atoms with Crippen LogP contribution in [-0.4, -0.2) is 28.4 Å². The molecule has 1 amide bonds. The van der Waals surface area contributed by atoms with E-state index in [2.05, 4.69) is 0 Å². The van der Waals surface area contributed by atoms with Crippen molar-refractivity contribution in [1.29, 1.82) is 0 Å². The lowest BCUT2D eigenvalue weighted by Gasteiger charge is -2.34. The first-order valence-corrected chi connectivity index (χ1v) is 7.72. The van der Waals surface area contributed by atoms with Gasteiger partial charge >= 0.3 is 5.97 Å². The van der Waals surface area contributed by atoms with Gasteiger partial charge in [0.2, 0.25) is 5.91 Å². The van der Waals surface area contributed by atoms with Gasteiger partial charge in [0, 0.05) is 13.1 Å². The van der Waals surface area contributed by atoms with Crippen molar-refractivity contribution in [1.82, 2.24) is 4.90 Å². The van der Waals surface area contributed by atoms with E-state index in [1.807, 2.05) is 61.5 Å². The zero-order valence-electron chi connectivity index (χ0n) is 13.0. The summed E-state index contributed by atoms with van der Waals surface area (Å²) in [6.07, 6.45) is 0. The Morgan fingerprint density at radius 2 is 1.74 bits per heavy atom. The summed E-state index contributed by atoms with van der Waals surface area (Å²) in [4.78, 5) is 26.1. The maximum atomic E-state index is 12.8. The Morgan fingerprint density at radius 3 is 2.43 bits per heavy atom. The van der Waals surface area contributed by atoms with Crippen LogP contribution in [-0.2, 0) is 16.1 Å². The van der Waals surface area contributed by atoms with E-state index in [-0.39, 0.29) is 18.4 Å². The van der Waals surface area contributed by atoms with Gasteiger partial charge in [0.15, 0.2) is 0 Å². The lowest BCUT2D eigenvalue weighted by molar-refractivity contribution is -0.141. The highest BCUT2D eigenvalue weighted by molar-refractivity contribution is 5.85. The van der Waals surface area contributed by atoms with Crippen molar-refractivity contribution in [2.75, 3.05) is 6.54 Å². The normalized spacial score (nSPS) is 18.1. The molecule has 0 radical (unpaired) electrons. The average Bonchev–Trinajstić information content (AvgIpc) is 2.60. The fourth-order valence-electron chi connectivity index (χ4n) is 3.14. The first-order valence-electron chi connectivity index (χ1n) is 7.72. The number of nitrogens with zero attached hydrogens (tertiary/aromatic N) is 1. The van der Waals surface area contributed by atoms with Crippen molar-refractivity contribution >= 4 is 11.9 Å². The van der Waals surface area contributed by atoms with E-state index in [4.69, 9.17) is 0 Å². The molecular formula is C19H19NO3. The van der Waals surface area contributed by atoms with Gasteiger partial charge in [-0.3, -0.25) is 9.59 Å². The number of carboxylic acid groups (broad SMARTS) is 1. The fourth-order valence-corrected chi connectivity index (χ4v) is 3.14. The smallest absolute Gasteiger partial charge is 0.312 e. The number of aliphatic carboxylic acids is 1. The maximum Gasteiger partial charge on any atom is 0.312 e. The highest BCUT2D eigenvalue weighted by atomic mass is 16.4. The number of rotatable bonds is 3. The van der Waals surface area contributed by atoms with Crippen LogP contribution in [0, 0.1) is 0 Å². The number of fused-ring (bicyclic) bond motifs is 1. The molecule has 1 aliphatic heterocycles. The second kappa shape index (κ2) is 6.24. The van der Waals surface area contributed by atoms with Crippen LogP contribution in [0.15, 0.2) is 54.6 Å². The molecule has 0 fully saturated rings. The molecule has 0 aromatic heterocycles. The zero-order chi connectivity index (χ0) is 16.4. The van der Waals surface area contributed by atoms with Crippen LogP contribution < -0.4 is 0 Å². The Hall–Kier alpha value is -2.62. The number of carbonyl (C=O) groups excluding carboxylic acids is 1. The summed E-state index contributed by atoms with van der Waals surface area (Å²) in [5.74, 6) is -1.86. The second-order valence-corrected chi connectivity index (χ2v) is 5.94. The molecule has 0 bridgehead atoms. The minimum absolute atomic E-state index is 0.0306. The van der Waals surface area contributed by atoms with E-state index in [1.54, 1.807) is 4.90 Å². The molecule has 2 atom stereocenters. The monoisotopic (exact) mass is 309 g/mol. The largest absolute Gasteiger partial charge is 0.481 e. The number of carbonyl (C=O) groups is 2. The molecule has 4 heteroatoms. The van der Waals surface area contributed by atoms with Crippen molar-refractivity contribution in [3.8, 4) is 0 Å². The van der Waals surface area contributed by atoms with Crippen molar-refractivity contribution in [2.45, 2.75) is 25.3 Å². The molecule has 118 valence electrons. The first kappa shape index (κ1) is 15.3. The summed E-state index contributed by atoms with van der Waals surface area (Å²) in [5.41, 5.74) is 2.68.